The van der Waals surface area contributed by atoms with E-state index < -0.39 is 0 Å². The zero-order valence-corrected chi connectivity index (χ0v) is 10.9. The molecule has 1 aliphatic heterocycles. The van der Waals surface area contributed by atoms with Crippen molar-refractivity contribution in [2.75, 3.05) is 6.61 Å². The predicted molar refractivity (Wildman–Crippen MR) is 66.4 cm³/mol. The maximum absolute atomic E-state index is 12.1. The van der Waals surface area contributed by atoms with Gasteiger partial charge in [0.15, 0.2) is 0 Å². The molecule has 0 bridgehead atoms. The van der Waals surface area contributed by atoms with Crippen molar-refractivity contribution in [1.82, 2.24) is 0 Å². The van der Waals surface area contributed by atoms with E-state index in [9.17, 15) is 4.79 Å². The van der Waals surface area contributed by atoms with Crippen LogP contribution >= 0.6 is 0 Å². The predicted octanol–water partition coefficient (Wildman–Crippen LogP) is 3.32. The van der Waals surface area contributed by atoms with E-state index >= 15 is 0 Å². The second-order valence-electron chi connectivity index (χ2n) is 6.68. The fraction of sp³-hybridized carbons (Fsp3) is 0.800. The van der Waals surface area contributed by atoms with Crippen molar-refractivity contribution in [1.29, 1.82) is 0 Å². The topological polar surface area (TPSA) is 26.3 Å². The number of hydrogen-bond acceptors (Lipinski definition) is 2. The lowest BCUT2D eigenvalue weighted by molar-refractivity contribution is -0.146. The third-order valence-corrected chi connectivity index (χ3v) is 5.97. The third kappa shape index (κ3) is 1.30. The Morgan fingerprint density at radius 1 is 1.41 bits per heavy atom. The lowest BCUT2D eigenvalue weighted by Crippen LogP contribution is -2.34. The van der Waals surface area contributed by atoms with Gasteiger partial charge < -0.3 is 4.74 Å². The van der Waals surface area contributed by atoms with Crippen LogP contribution in [-0.4, -0.2) is 12.6 Å². The summed E-state index contributed by atoms with van der Waals surface area (Å²) in [5, 5.41) is 0. The highest BCUT2D eigenvalue weighted by molar-refractivity contribution is 5.84. The van der Waals surface area contributed by atoms with Gasteiger partial charge in [-0.05, 0) is 42.1 Å². The monoisotopic (exact) mass is 234 g/mol. The molecule has 1 spiro atoms. The van der Waals surface area contributed by atoms with Crippen LogP contribution in [0.25, 0.3) is 0 Å². The zero-order chi connectivity index (χ0) is 12.3. The van der Waals surface area contributed by atoms with Crippen molar-refractivity contribution in [2.45, 2.75) is 46.0 Å². The minimum atomic E-state index is -0.321. The molecule has 0 amide bonds. The molecule has 94 valence electrons. The molecule has 0 aromatic rings. The molecular formula is C15H22O2. The van der Waals surface area contributed by atoms with Gasteiger partial charge in [0.2, 0.25) is 0 Å². The number of carbonyl (C=O) groups excluding carboxylic acids is 1. The third-order valence-electron chi connectivity index (χ3n) is 5.97. The summed E-state index contributed by atoms with van der Waals surface area (Å²) in [6.45, 7) is 9.30. The van der Waals surface area contributed by atoms with Gasteiger partial charge in [-0.25, -0.2) is 0 Å². The summed E-state index contributed by atoms with van der Waals surface area (Å²) in [5.41, 5.74) is 1.04. The van der Waals surface area contributed by atoms with Crippen LogP contribution in [-0.2, 0) is 9.53 Å². The number of fused-ring (bicyclic) bond motifs is 1. The Morgan fingerprint density at radius 3 is 2.76 bits per heavy atom. The average molecular weight is 234 g/mol. The Hall–Kier alpha value is -0.790. The molecule has 0 radical (unpaired) electrons. The molecule has 2 saturated carbocycles. The highest BCUT2D eigenvalue weighted by Crippen LogP contribution is 2.64. The van der Waals surface area contributed by atoms with Crippen molar-refractivity contribution in [3.8, 4) is 0 Å². The van der Waals surface area contributed by atoms with Gasteiger partial charge in [0, 0.05) is 0 Å². The summed E-state index contributed by atoms with van der Waals surface area (Å²) in [6, 6.07) is 0. The largest absolute Gasteiger partial charge is 0.460 e. The van der Waals surface area contributed by atoms with Crippen LogP contribution in [0.15, 0.2) is 12.2 Å². The first-order chi connectivity index (χ1) is 7.99. The minimum absolute atomic E-state index is 0.00493. The second kappa shape index (κ2) is 3.37. The molecular weight excluding hydrogens is 212 g/mol. The summed E-state index contributed by atoms with van der Waals surface area (Å²) in [4.78, 5) is 12.1. The molecule has 1 heterocycles. The first-order valence-corrected chi connectivity index (χ1v) is 6.84. The molecule has 4 atom stereocenters. The van der Waals surface area contributed by atoms with Crippen LogP contribution in [0.1, 0.15) is 46.0 Å². The first kappa shape index (κ1) is 11.3. The SMILES string of the molecule is C=C1COC(=O)[C@@]12C[C@@H]1CCC[C@H](C)[C@@]1(C)C2. The standard InChI is InChI=1S/C15H22O2/c1-10-5-4-6-12-7-15(9-14(10,12)3)11(2)8-17-13(15)16/h10,12H,2,4-9H2,1,3H3/t10-,12-,14+,15+/m0/s1. The molecule has 0 aromatic carbocycles. The summed E-state index contributed by atoms with van der Waals surface area (Å²) in [6.07, 6.45) is 5.88. The van der Waals surface area contributed by atoms with Crippen LogP contribution in [0, 0.1) is 22.7 Å². The molecule has 0 unspecified atom stereocenters. The normalized spacial score (nSPS) is 49.5. The van der Waals surface area contributed by atoms with E-state index in [1.807, 2.05) is 0 Å². The van der Waals surface area contributed by atoms with Crippen molar-refractivity contribution in [2.24, 2.45) is 22.7 Å². The number of rotatable bonds is 0. The van der Waals surface area contributed by atoms with Gasteiger partial charge in [-0.3, -0.25) is 4.79 Å². The zero-order valence-electron chi connectivity index (χ0n) is 10.9. The van der Waals surface area contributed by atoms with E-state index in [2.05, 4.69) is 20.4 Å². The molecule has 2 heteroatoms. The van der Waals surface area contributed by atoms with E-state index in [0.717, 1.165) is 24.3 Å². The maximum atomic E-state index is 12.1. The fourth-order valence-corrected chi connectivity index (χ4v) is 4.53. The fourth-order valence-electron chi connectivity index (χ4n) is 4.53. The molecule has 3 aliphatic rings. The lowest BCUT2D eigenvalue weighted by Gasteiger charge is -2.42. The van der Waals surface area contributed by atoms with Crippen molar-refractivity contribution >= 4 is 5.97 Å². The molecule has 1 saturated heterocycles. The number of cyclic esters (lactones) is 1. The van der Waals surface area contributed by atoms with Crippen molar-refractivity contribution in [3.05, 3.63) is 12.2 Å². The first-order valence-electron chi connectivity index (χ1n) is 6.84. The summed E-state index contributed by atoms with van der Waals surface area (Å²) < 4.78 is 5.25. The van der Waals surface area contributed by atoms with Crippen LogP contribution in [0.2, 0.25) is 0 Å². The van der Waals surface area contributed by atoms with Gasteiger partial charge in [0.05, 0.1) is 5.41 Å². The minimum Gasteiger partial charge on any atom is -0.460 e. The van der Waals surface area contributed by atoms with Crippen molar-refractivity contribution < 1.29 is 9.53 Å². The lowest BCUT2D eigenvalue weighted by atomic mass is 9.63. The Morgan fingerprint density at radius 2 is 2.18 bits per heavy atom. The molecule has 2 aliphatic carbocycles. The van der Waals surface area contributed by atoms with Gasteiger partial charge in [-0.15, -0.1) is 0 Å². The highest BCUT2D eigenvalue weighted by Gasteiger charge is 2.61. The Kier molecular flexibility index (Phi) is 2.24. The van der Waals surface area contributed by atoms with E-state index in [0.29, 0.717) is 17.9 Å². The summed E-state index contributed by atoms with van der Waals surface area (Å²) in [5.74, 6) is 1.42. The summed E-state index contributed by atoms with van der Waals surface area (Å²) in [7, 11) is 0. The van der Waals surface area contributed by atoms with Gasteiger partial charge in [0.1, 0.15) is 6.61 Å². The van der Waals surface area contributed by atoms with Crippen LogP contribution in [0.3, 0.4) is 0 Å². The van der Waals surface area contributed by atoms with E-state index in [-0.39, 0.29) is 11.4 Å². The number of carbonyl (C=O) groups is 1. The number of esters is 1. The van der Waals surface area contributed by atoms with E-state index in [4.69, 9.17) is 4.74 Å². The summed E-state index contributed by atoms with van der Waals surface area (Å²) >= 11 is 0. The van der Waals surface area contributed by atoms with Gasteiger partial charge in [0.25, 0.3) is 0 Å². The Balaban J connectivity index is 1.98. The van der Waals surface area contributed by atoms with Gasteiger partial charge in [-0.2, -0.15) is 0 Å². The Labute approximate surface area is 103 Å². The molecule has 17 heavy (non-hydrogen) atoms. The number of hydrogen-bond donors (Lipinski definition) is 0. The van der Waals surface area contributed by atoms with Crippen LogP contribution < -0.4 is 0 Å². The van der Waals surface area contributed by atoms with E-state index in [1.54, 1.807) is 0 Å². The average Bonchev–Trinajstić information content (AvgIpc) is 2.74. The van der Waals surface area contributed by atoms with Crippen molar-refractivity contribution in [3.63, 3.8) is 0 Å². The molecule has 0 N–H and O–H groups in total. The second-order valence-corrected chi connectivity index (χ2v) is 6.68. The molecule has 2 nitrogen and oxygen atoms in total. The number of ether oxygens (including phenoxy) is 1. The highest BCUT2D eigenvalue weighted by atomic mass is 16.5. The molecule has 3 rings (SSSR count). The van der Waals surface area contributed by atoms with Gasteiger partial charge >= 0.3 is 5.97 Å². The molecule has 3 fully saturated rings. The molecule has 0 aromatic heterocycles. The Bertz CT molecular complexity index is 368. The smallest absolute Gasteiger partial charge is 0.316 e. The van der Waals surface area contributed by atoms with Crippen LogP contribution in [0.5, 0.6) is 0 Å². The quantitative estimate of drug-likeness (QED) is 0.475. The van der Waals surface area contributed by atoms with Crippen LogP contribution in [0.4, 0.5) is 0 Å². The maximum Gasteiger partial charge on any atom is 0.316 e. The van der Waals surface area contributed by atoms with E-state index in [1.165, 1.54) is 19.3 Å². The van der Waals surface area contributed by atoms with Gasteiger partial charge in [-0.1, -0.05) is 33.3 Å².